The summed E-state index contributed by atoms with van der Waals surface area (Å²) >= 11 is 0. The molecule has 2 aliphatic rings. The fraction of sp³-hybridized carbons (Fsp3) is 0.611. The number of hydrogen-bond donors (Lipinski definition) is 2. The number of carbonyl (C=O) groups is 1. The van der Waals surface area contributed by atoms with Gasteiger partial charge in [-0.3, -0.25) is 4.79 Å². The molecule has 2 fully saturated rings. The zero-order chi connectivity index (χ0) is 17.8. The van der Waals surface area contributed by atoms with Crippen LogP contribution in [0.5, 0.6) is 11.5 Å². The van der Waals surface area contributed by atoms with Crippen LogP contribution >= 0.6 is 24.8 Å². The van der Waals surface area contributed by atoms with E-state index in [4.69, 9.17) is 19.9 Å². The van der Waals surface area contributed by atoms with E-state index >= 15 is 0 Å². The van der Waals surface area contributed by atoms with Crippen LogP contribution in [0, 0.1) is 0 Å². The largest absolute Gasteiger partial charge is 0.497 e. The van der Waals surface area contributed by atoms with Gasteiger partial charge >= 0.3 is 0 Å². The van der Waals surface area contributed by atoms with Crippen molar-refractivity contribution in [3.63, 3.8) is 0 Å². The van der Waals surface area contributed by atoms with Crippen molar-refractivity contribution in [3.05, 3.63) is 18.2 Å². The van der Waals surface area contributed by atoms with Crippen molar-refractivity contribution in [3.8, 4) is 11.5 Å². The topological polar surface area (TPSA) is 86.1 Å². The summed E-state index contributed by atoms with van der Waals surface area (Å²) in [5.41, 5.74) is 6.64. The Labute approximate surface area is 172 Å². The van der Waals surface area contributed by atoms with Gasteiger partial charge in [0.15, 0.2) is 0 Å². The molecule has 154 valence electrons. The Morgan fingerprint density at radius 2 is 1.85 bits per heavy atom. The second kappa shape index (κ2) is 10.8. The van der Waals surface area contributed by atoms with Gasteiger partial charge < -0.3 is 30.2 Å². The van der Waals surface area contributed by atoms with E-state index in [1.54, 1.807) is 14.2 Å². The highest BCUT2D eigenvalue weighted by Crippen LogP contribution is 2.30. The second-order valence-electron chi connectivity index (χ2n) is 6.57. The molecule has 27 heavy (non-hydrogen) atoms. The first-order valence-corrected chi connectivity index (χ1v) is 8.77. The van der Waals surface area contributed by atoms with Crippen molar-refractivity contribution in [2.45, 2.75) is 37.5 Å². The smallest absolute Gasteiger partial charge is 0.249 e. The van der Waals surface area contributed by atoms with Crippen LogP contribution in [0.25, 0.3) is 0 Å². The Morgan fingerprint density at radius 3 is 2.41 bits per heavy atom. The first-order chi connectivity index (χ1) is 12.1. The molecule has 7 nitrogen and oxygen atoms in total. The number of anilines is 1. The van der Waals surface area contributed by atoms with Crippen molar-refractivity contribution in [2.75, 3.05) is 38.8 Å². The summed E-state index contributed by atoms with van der Waals surface area (Å²) in [4.78, 5) is 14.6. The molecule has 2 saturated heterocycles. The summed E-state index contributed by atoms with van der Waals surface area (Å²) in [6, 6.07) is 5.94. The van der Waals surface area contributed by atoms with E-state index < -0.39 is 0 Å². The molecule has 0 radical (unpaired) electrons. The van der Waals surface area contributed by atoms with Crippen LogP contribution in [-0.2, 0) is 9.53 Å². The minimum Gasteiger partial charge on any atom is -0.497 e. The fourth-order valence-corrected chi connectivity index (χ4v) is 3.45. The van der Waals surface area contributed by atoms with Crippen LogP contribution < -0.4 is 25.4 Å². The maximum Gasteiger partial charge on any atom is 0.249 e. The molecule has 0 aromatic heterocycles. The standard InChI is InChI=1S/C18H27N3O4.2ClH/c1-23-15-7-13(8-16(9-15)24-2)21-6-5-12(11-21)20-18(22)17-4-3-14(10-19)25-17;;/h7-9,12,14,17H,3-6,10-11,19H2,1-2H3,(H,20,22);2*1H/t12?,14-,17+;;/m1../s1. The van der Waals surface area contributed by atoms with Crippen LogP contribution in [-0.4, -0.2) is 58.0 Å². The van der Waals surface area contributed by atoms with E-state index in [0.29, 0.717) is 6.54 Å². The van der Waals surface area contributed by atoms with E-state index in [1.807, 2.05) is 18.2 Å². The molecule has 3 atom stereocenters. The minimum absolute atomic E-state index is 0. The maximum atomic E-state index is 12.4. The first-order valence-electron chi connectivity index (χ1n) is 8.77. The number of methoxy groups -OCH3 is 2. The van der Waals surface area contributed by atoms with Gasteiger partial charge in [0.05, 0.1) is 20.3 Å². The number of amides is 1. The molecule has 0 aliphatic carbocycles. The van der Waals surface area contributed by atoms with Gasteiger partial charge in [0.1, 0.15) is 17.6 Å². The third-order valence-corrected chi connectivity index (χ3v) is 4.90. The predicted octanol–water partition coefficient (Wildman–Crippen LogP) is 1.75. The lowest BCUT2D eigenvalue weighted by Gasteiger charge is -2.21. The highest BCUT2D eigenvalue weighted by molar-refractivity contribution is 5.85. The molecule has 2 aliphatic heterocycles. The summed E-state index contributed by atoms with van der Waals surface area (Å²) in [7, 11) is 3.28. The molecule has 3 N–H and O–H groups in total. The fourth-order valence-electron chi connectivity index (χ4n) is 3.45. The maximum absolute atomic E-state index is 12.4. The van der Waals surface area contributed by atoms with Crippen LogP contribution in [0.2, 0.25) is 0 Å². The Balaban J connectivity index is 0.00000182. The van der Waals surface area contributed by atoms with Gasteiger partial charge in [0.2, 0.25) is 5.91 Å². The number of ether oxygens (including phenoxy) is 3. The van der Waals surface area contributed by atoms with Gasteiger partial charge in [-0.1, -0.05) is 0 Å². The minimum atomic E-state index is -0.362. The summed E-state index contributed by atoms with van der Waals surface area (Å²) < 4.78 is 16.3. The third-order valence-electron chi connectivity index (χ3n) is 4.90. The number of nitrogens with zero attached hydrogens (tertiary/aromatic N) is 1. The monoisotopic (exact) mass is 421 g/mol. The Hall–Kier alpha value is -1.41. The van der Waals surface area contributed by atoms with E-state index in [-0.39, 0.29) is 49.0 Å². The molecule has 1 aromatic rings. The molecule has 3 rings (SSSR count). The number of benzene rings is 1. The van der Waals surface area contributed by atoms with Gasteiger partial charge in [-0.25, -0.2) is 0 Å². The molecule has 1 aromatic carbocycles. The highest BCUT2D eigenvalue weighted by Gasteiger charge is 2.32. The van der Waals surface area contributed by atoms with Crippen molar-refractivity contribution < 1.29 is 19.0 Å². The Kier molecular flexibility index (Phi) is 9.45. The number of carbonyl (C=O) groups excluding carboxylic acids is 1. The normalized spacial score (nSPS) is 24.0. The second-order valence-corrected chi connectivity index (χ2v) is 6.57. The number of hydrogen-bond acceptors (Lipinski definition) is 6. The van der Waals surface area contributed by atoms with E-state index in [2.05, 4.69) is 10.2 Å². The van der Waals surface area contributed by atoms with Crippen molar-refractivity contribution in [1.29, 1.82) is 0 Å². The Morgan fingerprint density at radius 1 is 1.19 bits per heavy atom. The first kappa shape index (κ1) is 23.6. The van der Waals surface area contributed by atoms with Crippen LogP contribution in [0.4, 0.5) is 5.69 Å². The molecule has 1 amide bonds. The zero-order valence-corrected chi connectivity index (χ0v) is 17.3. The lowest BCUT2D eigenvalue weighted by Crippen LogP contribution is -2.43. The number of halogens is 2. The van der Waals surface area contributed by atoms with Gasteiger partial charge in [0, 0.05) is 49.6 Å². The van der Waals surface area contributed by atoms with Gasteiger partial charge in [-0.2, -0.15) is 0 Å². The molecule has 0 saturated carbocycles. The van der Waals surface area contributed by atoms with Gasteiger partial charge in [-0.15, -0.1) is 24.8 Å². The zero-order valence-electron chi connectivity index (χ0n) is 15.7. The molecular formula is C18H29Cl2N3O4. The molecule has 0 spiro atoms. The third kappa shape index (κ3) is 5.78. The summed E-state index contributed by atoms with van der Waals surface area (Å²) in [5.74, 6) is 1.49. The van der Waals surface area contributed by atoms with Crippen molar-refractivity contribution in [2.24, 2.45) is 5.73 Å². The number of nitrogens with two attached hydrogens (primary N) is 1. The number of nitrogens with one attached hydrogen (secondary N) is 1. The lowest BCUT2D eigenvalue weighted by molar-refractivity contribution is -0.132. The molecule has 0 bridgehead atoms. The van der Waals surface area contributed by atoms with E-state index in [9.17, 15) is 4.79 Å². The van der Waals surface area contributed by atoms with Crippen LogP contribution in [0.3, 0.4) is 0 Å². The molecule has 1 unspecified atom stereocenters. The molecular weight excluding hydrogens is 393 g/mol. The van der Waals surface area contributed by atoms with Crippen molar-refractivity contribution >= 4 is 36.4 Å². The average Bonchev–Trinajstić information content (AvgIpc) is 3.30. The summed E-state index contributed by atoms with van der Waals surface area (Å²) in [5, 5.41) is 3.11. The SMILES string of the molecule is COc1cc(OC)cc(N2CCC(NC(=O)[C@@H]3CC[C@H](CN)O3)C2)c1.Cl.Cl. The summed E-state index contributed by atoms with van der Waals surface area (Å²) in [6.07, 6.45) is 2.16. The van der Waals surface area contributed by atoms with Crippen molar-refractivity contribution in [1.82, 2.24) is 5.32 Å². The average molecular weight is 422 g/mol. The van der Waals surface area contributed by atoms with Gasteiger partial charge in [-0.05, 0) is 19.3 Å². The van der Waals surface area contributed by atoms with Gasteiger partial charge in [0.25, 0.3) is 0 Å². The predicted molar refractivity (Wildman–Crippen MR) is 110 cm³/mol. The molecule has 2 heterocycles. The summed E-state index contributed by atoms with van der Waals surface area (Å²) in [6.45, 7) is 2.10. The van der Waals surface area contributed by atoms with E-state index in [1.165, 1.54) is 0 Å². The van der Waals surface area contributed by atoms with Crippen LogP contribution in [0.15, 0.2) is 18.2 Å². The van der Waals surface area contributed by atoms with Crippen LogP contribution in [0.1, 0.15) is 19.3 Å². The quantitative estimate of drug-likeness (QED) is 0.727. The highest BCUT2D eigenvalue weighted by atomic mass is 35.5. The van der Waals surface area contributed by atoms with E-state index in [0.717, 1.165) is 49.5 Å². The lowest BCUT2D eigenvalue weighted by atomic mass is 10.1. The molecule has 9 heteroatoms. The Bertz CT molecular complexity index is 598. The number of rotatable bonds is 6.